The van der Waals surface area contributed by atoms with Gasteiger partial charge in [0, 0.05) is 38.4 Å². The van der Waals surface area contributed by atoms with Crippen molar-refractivity contribution in [2.24, 2.45) is 0 Å². The molecule has 21 heavy (non-hydrogen) atoms. The fraction of sp³-hybridized carbons (Fsp3) is 0.471. The fourth-order valence-corrected chi connectivity index (χ4v) is 2.34. The summed E-state index contributed by atoms with van der Waals surface area (Å²) in [6.45, 7) is 7.97. The summed E-state index contributed by atoms with van der Waals surface area (Å²) in [6.07, 6.45) is 1.67. The van der Waals surface area contributed by atoms with Crippen LogP contribution in [-0.2, 0) is 16.1 Å². The zero-order valence-electron chi connectivity index (χ0n) is 13.1. The number of hydrogen-bond acceptors (Lipinski definition) is 3. The first kappa shape index (κ1) is 15.6. The van der Waals surface area contributed by atoms with Crippen molar-refractivity contribution in [3.63, 3.8) is 0 Å². The average molecular weight is 288 g/mol. The Morgan fingerprint density at radius 1 is 1.24 bits per heavy atom. The van der Waals surface area contributed by atoms with Gasteiger partial charge in [-0.15, -0.1) is 0 Å². The van der Waals surface area contributed by atoms with Crippen molar-refractivity contribution in [2.45, 2.75) is 20.4 Å². The van der Waals surface area contributed by atoms with Crippen LogP contribution in [0.4, 0.5) is 5.69 Å². The largest absolute Gasteiger partial charge is 0.378 e. The Labute approximate surface area is 127 Å². The summed E-state index contributed by atoms with van der Waals surface area (Å²) in [4.78, 5) is 16.0. The lowest BCUT2D eigenvalue weighted by Gasteiger charge is -2.29. The third-order valence-electron chi connectivity index (χ3n) is 3.52. The predicted octanol–water partition coefficient (Wildman–Crippen LogP) is 2.45. The van der Waals surface area contributed by atoms with E-state index in [-0.39, 0.29) is 5.91 Å². The number of allylic oxidation sites excluding steroid dienone is 1. The zero-order valence-corrected chi connectivity index (χ0v) is 13.1. The molecular weight excluding hydrogens is 264 g/mol. The van der Waals surface area contributed by atoms with E-state index in [4.69, 9.17) is 4.74 Å². The fourth-order valence-electron chi connectivity index (χ4n) is 2.34. The summed E-state index contributed by atoms with van der Waals surface area (Å²) >= 11 is 0. The minimum Gasteiger partial charge on any atom is -0.378 e. The molecule has 1 amide bonds. The quantitative estimate of drug-likeness (QED) is 0.798. The van der Waals surface area contributed by atoms with E-state index in [0.717, 1.165) is 37.4 Å². The number of ether oxygens (including phenoxy) is 1. The lowest BCUT2D eigenvalue weighted by atomic mass is 10.1. The Morgan fingerprint density at radius 2 is 1.86 bits per heavy atom. The number of likely N-dealkylation sites (N-methyl/N-ethyl adjacent to an activating group) is 1. The van der Waals surface area contributed by atoms with Gasteiger partial charge in [0.2, 0.25) is 5.91 Å². The molecule has 0 aliphatic carbocycles. The maximum absolute atomic E-state index is 11.9. The Bertz CT molecular complexity index is 498. The molecule has 0 saturated carbocycles. The van der Waals surface area contributed by atoms with Crippen LogP contribution in [-0.4, -0.2) is 44.2 Å². The van der Waals surface area contributed by atoms with Gasteiger partial charge in [-0.05, 0) is 31.5 Å². The van der Waals surface area contributed by atoms with Crippen molar-refractivity contribution in [3.8, 4) is 0 Å². The van der Waals surface area contributed by atoms with E-state index in [1.807, 2.05) is 20.9 Å². The van der Waals surface area contributed by atoms with Crippen LogP contribution >= 0.6 is 0 Å². The van der Waals surface area contributed by atoms with Gasteiger partial charge in [0.15, 0.2) is 0 Å². The third kappa shape index (κ3) is 4.60. The molecule has 4 heteroatoms. The Hall–Kier alpha value is -1.81. The summed E-state index contributed by atoms with van der Waals surface area (Å²) in [5.41, 5.74) is 3.39. The lowest BCUT2D eigenvalue weighted by Crippen LogP contribution is -2.36. The Balaban J connectivity index is 1.95. The molecule has 0 unspecified atom stereocenters. The standard InChI is InChI=1S/C17H24N2O2/c1-14(2)12-17(20)18(3)13-15-4-6-16(7-5-15)19-8-10-21-11-9-19/h4-7,12H,8-11,13H2,1-3H3. The molecule has 0 atom stereocenters. The second-order valence-electron chi connectivity index (χ2n) is 5.68. The predicted molar refractivity (Wildman–Crippen MR) is 85.4 cm³/mol. The first-order valence-electron chi connectivity index (χ1n) is 7.38. The van der Waals surface area contributed by atoms with Crippen molar-refractivity contribution >= 4 is 11.6 Å². The molecule has 0 N–H and O–H groups in total. The molecule has 114 valence electrons. The van der Waals surface area contributed by atoms with Crippen LogP contribution in [0.3, 0.4) is 0 Å². The van der Waals surface area contributed by atoms with Crippen LogP contribution < -0.4 is 4.90 Å². The van der Waals surface area contributed by atoms with Gasteiger partial charge in [0.25, 0.3) is 0 Å². The first-order valence-corrected chi connectivity index (χ1v) is 7.38. The van der Waals surface area contributed by atoms with Gasteiger partial charge in [-0.25, -0.2) is 0 Å². The van der Waals surface area contributed by atoms with E-state index >= 15 is 0 Å². The highest BCUT2D eigenvalue weighted by Gasteiger charge is 2.11. The summed E-state index contributed by atoms with van der Waals surface area (Å²) in [7, 11) is 1.83. The van der Waals surface area contributed by atoms with Crippen LogP contribution in [0.25, 0.3) is 0 Å². The molecule has 1 aromatic rings. The second-order valence-corrected chi connectivity index (χ2v) is 5.68. The molecule has 1 heterocycles. The normalized spacial score (nSPS) is 14.7. The van der Waals surface area contributed by atoms with Gasteiger partial charge in [-0.2, -0.15) is 0 Å². The number of carbonyl (C=O) groups is 1. The monoisotopic (exact) mass is 288 g/mol. The summed E-state index contributed by atoms with van der Waals surface area (Å²) < 4.78 is 5.36. The molecule has 1 aliphatic heterocycles. The smallest absolute Gasteiger partial charge is 0.246 e. The number of amides is 1. The molecule has 0 bridgehead atoms. The van der Waals surface area contributed by atoms with Crippen LogP contribution in [0, 0.1) is 0 Å². The van der Waals surface area contributed by atoms with Crippen molar-refractivity contribution in [1.29, 1.82) is 0 Å². The van der Waals surface area contributed by atoms with Gasteiger partial charge in [-0.1, -0.05) is 17.7 Å². The van der Waals surface area contributed by atoms with Gasteiger partial charge >= 0.3 is 0 Å². The molecule has 2 rings (SSSR count). The number of hydrogen-bond donors (Lipinski definition) is 0. The van der Waals surface area contributed by atoms with Crippen molar-refractivity contribution < 1.29 is 9.53 Å². The van der Waals surface area contributed by atoms with Gasteiger partial charge < -0.3 is 14.5 Å². The van der Waals surface area contributed by atoms with E-state index in [1.54, 1.807) is 11.0 Å². The van der Waals surface area contributed by atoms with Crippen LogP contribution in [0.1, 0.15) is 19.4 Å². The molecule has 1 aliphatic rings. The highest BCUT2D eigenvalue weighted by Crippen LogP contribution is 2.17. The number of anilines is 1. The molecular formula is C17H24N2O2. The topological polar surface area (TPSA) is 32.8 Å². The number of carbonyl (C=O) groups excluding carboxylic acids is 1. The number of nitrogens with zero attached hydrogens (tertiary/aromatic N) is 2. The van der Waals surface area contributed by atoms with E-state index < -0.39 is 0 Å². The molecule has 0 aromatic heterocycles. The molecule has 0 spiro atoms. The summed E-state index contributed by atoms with van der Waals surface area (Å²) in [5.74, 6) is 0.0484. The number of morpholine rings is 1. The van der Waals surface area contributed by atoms with Crippen molar-refractivity contribution in [1.82, 2.24) is 4.90 Å². The van der Waals surface area contributed by atoms with Crippen molar-refractivity contribution in [2.75, 3.05) is 38.3 Å². The molecule has 1 fully saturated rings. The third-order valence-corrected chi connectivity index (χ3v) is 3.52. The summed E-state index contributed by atoms with van der Waals surface area (Å²) in [5, 5.41) is 0. The van der Waals surface area contributed by atoms with Crippen molar-refractivity contribution in [3.05, 3.63) is 41.5 Å². The molecule has 4 nitrogen and oxygen atoms in total. The molecule has 0 radical (unpaired) electrons. The highest BCUT2D eigenvalue weighted by molar-refractivity contribution is 5.87. The molecule has 1 aromatic carbocycles. The summed E-state index contributed by atoms with van der Waals surface area (Å²) in [6, 6.07) is 8.44. The van der Waals surface area contributed by atoms with E-state index in [0.29, 0.717) is 6.54 Å². The number of benzene rings is 1. The lowest BCUT2D eigenvalue weighted by molar-refractivity contribution is -0.125. The Morgan fingerprint density at radius 3 is 2.43 bits per heavy atom. The second kappa shape index (κ2) is 7.27. The molecule has 1 saturated heterocycles. The van der Waals surface area contributed by atoms with E-state index in [2.05, 4.69) is 29.2 Å². The average Bonchev–Trinajstić information content (AvgIpc) is 2.48. The maximum atomic E-state index is 11.9. The van der Waals surface area contributed by atoms with Crippen LogP contribution in [0.2, 0.25) is 0 Å². The Kier molecular flexibility index (Phi) is 5.39. The van der Waals surface area contributed by atoms with E-state index in [9.17, 15) is 4.79 Å². The van der Waals surface area contributed by atoms with Gasteiger partial charge in [0.1, 0.15) is 0 Å². The van der Waals surface area contributed by atoms with Gasteiger partial charge in [-0.3, -0.25) is 4.79 Å². The first-order chi connectivity index (χ1) is 10.1. The SMILES string of the molecule is CC(C)=CC(=O)N(C)Cc1ccc(N2CCOCC2)cc1. The number of rotatable bonds is 4. The van der Waals surface area contributed by atoms with Gasteiger partial charge in [0.05, 0.1) is 13.2 Å². The zero-order chi connectivity index (χ0) is 15.2. The highest BCUT2D eigenvalue weighted by atomic mass is 16.5. The van der Waals surface area contributed by atoms with Crippen LogP contribution in [0.5, 0.6) is 0 Å². The minimum absolute atomic E-state index is 0.0484. The minimum atomic E-state index is 0.0484. The van der Waals surface area contributed by atoms with E-state index in [1.165, 1.54) is 5.69 Å². The van der Waals surface area contributed by atoms with Crippen LogP contribution in [0.15, 0.2) is 35.9 Å². The maximum Gasteiger partial charge on any atom is 0.246 e.